The predicted octanol–water partition coefficient (Wildman–Crippen LogP) is 1.73. The molecule has 2 aromatic rings. The van der Waals surface area contributed by atoms with Gasteiger partial charge in [-0.15, -0.1) is 0 Å². The van der Waals surface area contributed by atoms with Crippen LogP contribution in [0.1, 0.15) is 18.9 Å². The number of nitrogen functional groups attached to an aromatic ring is 1. The van der Waals surface area contributed by atoms with E-state index in [2.05, 4.69) is 10.1 Å². The Bertz CT molecular complexity index is 524. The van der Waals surface area contributed by atoms with E-state index in [0.29, 0.717) is 11.4 Å². The average Bonchev–Trinajstić information content (AvgIpc) is 2.81. The SMILES string of the molecule is COC(C)c1noc(-c2cccc(N)c2O)n1. The molecule has 0 saturated carbocycles. The lowest BCUT2D eigenvalue weighted by Gasteiger charge is -2.02. The Morgan fingerprint density at radius 2 is 2.24 bits per heavy atom. The van der Waals surface area contributed by atoms with Gasteiger partial charge in [0, 0.05) is 7.11 Å². The molecule has 0 spiro atoms. The van der Waals surface area contributed by atoms with Crippen LogP contribution in [0, 0.1) is 0 Å². The molecule has 0 aliphatic heterocycles. The number of nitrogens with two attached hydrogens (primary N) is 1. The quantitative estimate of drug-likeness (QED) is 0.621. The monoisotopic (exact) mass is 235 g/mol. The lowest BCUT2D eigenvalue weighted by molar-refractivity contribution is 0.109. The maximum atomic E-state index is 9.77. The van der Waals surface area contributed by atoms with Crippen LogP contribution < -0.4 is 5.73 Å². The van der Waals surface area contributed by atoms with Crippen LogP contribution in [0.25, 0.3) is 11.5 Å². The third-order valence-electron chi connectivity index (χ3n) is 2.46. The molecule has 6 heteroatoms. The number of para-hydroxylation sites is 1. The molecule has 90 valence electrons. The van der Waals surface area contributed by atoms with E-state index in [4.69, 9.17) is 15.0 Å². The number of anilines is 1. The van der Waals surface area contributed by atoms with Crippen molar-refractivity contribution in [3.05, 3.63) is 24.0 Å². The van der Waals surface area contributed by atoms with Crippen molar-refractivity contribution in [3.63, 3.8) is 0 Å². The zero-order chi connectivity index (χ0) is 12.4. The number of phenolic OH excluding ortho intramolecular Hbond substituents is 1. The Labute approximate surface area is 98.0 Å². The van der Waals surface area contributed by atoms with Crippen molar-refractivity contribution in [3.8, 4) is 17.2 Å². The van der Waals surface area contributed by atoms with Gasteiger partial charge >= 0.3 is 0 Å². The molecule has 0 aliphatic rings. The summed E-state index contributed by atoms with van der Waals surface area (Å²) in [5, 5.41) is 13.5. The number of aromatic hydroxyl groups is 1. The van der Waals surface area contributed by atoms with Crippen LogP contribution in [-0.4, -0.2) is 22.4 Å². The second kappa shape index (κ2) is 4.42. The van der Waals surface area contributed by atoms with E-state index in [9.17, 15) is 5.11 Å². The first-order chi connectivity index (χ1) is 8.13. The van der Waals surface area contributed by atoms with Gasteiger partial charge in [-0.1, -0.05) is 11.2 Å². The minimum absolute atomic E-state index is 0.0623. The Kier molecular flexibility index (Phi) is 2.97. The van der Waals surface area contributed by atoms with Gasteiger partial charge in [-0.2, -0.15) is 4.98 Å². The maximum absolute atomic E-state index is 9.77. The lowest BCUT2D eigenvalue weighted by atomic mass is 10.2. The molecule has 1 atom stereocenters. The zero-order valence-electron chi connectivity index (χ0n) is 9.54. The number of aromatic nitrogens is 2. The Morgan fingerprint density at radius 1 is 1.47 bits per heavy atom. The number of benzene rings is 1. The van der Waals surface area contributed by atoms with Crippen LogP contribution in [0.2, 0.25) is 0 Å². The summed E-state index contributed by atoms with van der Waals surface area (Å²) < 4.78 is 10.1. The zero-order valence-corrected chi connectivity index (χ0v) is 9.54. The molecule has 1 unspecified atom stereocenters. The third-order valence-corrected chi connectivity index (χ3v) is 2.46. The van der Waals surface area contributed by atoms with Gasteiger partial charge in [0.05, 0.1) is 11.3 Å². The number of rotatable bonds is 3. The fraction of sp³-hybridized carbons (Fsp3) is 0.273. The lowest BCUT2D eigenvalue weighted by Crippen LogP contribution is -1.97. The second-order valence-electron chi connectivity index (χ2n) is 3.58. The van der Waals surface area contributed by atoms with Gasteiger partial charge in [0.25, 0.3) is 5.89 Å². The Morgan fingerprint density at radius 3 is 2.94 bits per heavy atom. The summed E-state index contributed by atoms with van der Waals surface area (Å²) >= 11 is 0. The molecule has 1 aromatic heterocycles. The van der Waals surface area contributed by atoms with Gasteiger partial charge in [0.15, 0.2) is 5.75 Å². The van der Waals surface area contributed by atoms with Crippen molar-refractivity contribution < 1.29 is 14.4 Å². The number of methoxy groups -OCH3 is 1. The summed E-state index contributed by atoms with van der Waals surface area (Å²) in [7, 11) is 1.55. The fourth-order valence-corrected chi connectivity index (χ4v) is 1.35. The van der Waals surface area contributed by atoms with Crippen LogP contribution in [0.4, 0.5) is 5.69 Å². The number of phenols is 1. The van der Waals surface area contributed by atoms with E-state index in [-0.39, 0.29) is 23.4 Å². The fourth-order valence-electron chi connectivity index (χ4n) is 1.35. The normalized spacial score (nSPS) is 12.6. The van der Waals surface area contributed by atoms with Crippen LogP contribution in [0.15, 0.2) is 22.7 Å². The standard InChI is InChI=1S/C11H13N3O3/c1-6(16-2)10-13-11(17-14-10)7-4-3-5-8(12)9(7)15/h3-6,15H,12H2,1-2H3. The molecule has 0 bridgehead atoms. The van der Waals surface area contributed by atoms with Crippen molar-refractivity contribution in [2.24, 2.45) is 0 Å². The maximum Gasteiger partial charge on any atom is 0.261 e. The highest BCUT2D eigenvalue weighted by molar-refractivity contribution is 5.71. The van der Waals surface area contributed by atoms with Gasteiger partial charge in [-0.05, 0) is 19.1 Å². The summed E-state index contributed by atoms with van der Waals surface area (Å²) in [4.78, 5) is 4.13. The molecule has 17 heavy (non-hydrogen) atoms. The molecule has 0 saturated heterocycles. The molecule has 1 heterocycles. The van der Waals surface area contributed by atoms with Crippen molar-refractivity contribution in [2.75, 3.05) is 12.8 Å². The van der Waals surface area contributed by atoms with E-state index in [1.165, 1.54) is 0 Å². The van der Waals surface area contributed by atoms with E-state index in [1.54, 1.807) is 32.2 Å². The number of ether oxygens (including phenoxy) is 1. The van der Waals surface area contributed by atoms with Crippen LogP contribution in [-0.2, 0) is 4.74 Å². The largest absolute Gasteiger partial charge is 0.505 e. The summed E-state index contributed by atoms with van der Waals surface area (Å²) in [5.74, 6) is 0.575. The van der Waals surface area contributed by atoms with Gasteiger partial charge in [0.1, 0.15) is 6.10 Å². The summed E-state index contributed by atoms with van der Waals surface area (Å²) in [5.41, 5.74) is 6.26. The highest BCUT2D eigenvalue weighted by Gasteiger charge is 2.17. The van der Waals surface area contributed by atoms with E-state index in [1.807, 2.05) is 0 Å². The smallest absolute Gasteiger partial charge is 0.261 e. The summed E-state index contributed by atoms with van der Waals surface area (Å²) in [6, 6.07) is 4.95. The van der Waals surface area contributed by atoms with Crippen molar-refractivity contribution in [2.45, 2.75) is 13.0 Å². The topological polar surface area (TPSA) is 94.4 Å². The minimum atomic E-state index is -0.268. The molecule has 0 amide bonds. The molecule has 0 aliphatic carbocycles. The first kappa shape index (κ1) is 11.4. The van der Waals surface area contributed by atoms with Crippen LogP contribution >= 0.6 is 0 Å². The molecule has 2 rings (SSSR count). The van der Waals surface area contributed by atoms with Gasteiger partial charge in [-0.25, -0.2) is 0 Å². The van der Waals surface area contributed by atoms with E-state index >= 15 is 0 Å². The highest BCUT2D eigenvalue weighted by Crippen LogP contribution is 2.32. The number of hydrogen-bond donors (Lipinski definition) is 2. The highest BCUT2D eigenvalue weighted by atomic mass is 16.5. The minimum Gasteiger partial charge on any atom is -0.505 e. The first-order valence-electron chi connectivity index (χ1n) is 5.07. The van der Waals surface area contributed by atoms with Crippen LogP contribution in [0.3, 0.4) is 0 Å². The first-order valence-corrected chi connectivity index (χ1v) is 5.07. The molecular formula is C11H13N3O3. The number of hydrogen-bond acceptors (Lipinski definition) is 6. The van der Waals surface area contributed by atoms with Gasteiger partial charge < -0.3 is 20.1 Å². The predicted molar refractivity (Wildman–Crippen MR) is 61.2 cm³/mol. The molecule has 0 fully saturated rings. The van der Waals surface area contributed by atoms with E-state index in [0.717, 1.165) is 0 Å². The molecule has 3 N–H and O–H groups in total. The molecule has 6 nitrogen and oxygen atoms in total. The number of nitrogens with zero attached hydrogens (tertiary/aromatic N) is 2. The summed E-state index contributed by atoms with van der Waals surface area (Å²) in [6.07, 6.45) is -0.268. The molecule has 1 aromatic carbocycles. The summed E-state index contributed by atoms with van der Waals surface area (Å²) in [6.45, 7) is 1.80. The van der Waals surface area contributed by atoms with Crippen molar-refractivity contribution in [1.29, 1.82) is 0 Å². The average molecular weight is 235 g/mol. The van der Waals surface area contributed by atoms with Gasteiger partial charge in [-0.3, -0.25) is 0 Å². The third kappa shape index (κ3) is 2.07. The molecular weight excluding hydrogens is 222 g/mol. The molecule has 0 radical (unpaired) electrons. The Balaban J connectivity index is 2.40. The van der Waals surface area contributed by atoms with Gasteiger partial charge in [0.2, 0.25) is 5.82 Å². The van der Waals surface area contributed by atoms with Crippen molar-refractivity contribution in [1.82, 2.24) is 10.1 Å². The van der Waals surface area contributed by atoms with E-state index < -0.39 is 0 Å². The Hall–Kier alpha value is -2.08. The second-order valence-corrected chi connectivity index (χ2v) is 3.58. The van der Waals surface area contributed by atoms with Crippen molar-refractivity contribution >= 4 is 5.69 Å². The van der Waals surface area contributed by atoms with Crippen LogP contribution in [0.5, 0.6) is 5.75 Å².